The minimum Gasteiger partial charge on any atom is -0.305 e. The fourth-order valence-electron chi connectivity index (χ4n) is 2.10. The summed E-state index contributed by atoms with van der Waals surface area (Å²) >= 11 is 3.48. The van der Waals surface area contributed by atoms with Crippen LogP contribution in [0.4, 0.5) is 0 Å². The van der Waals surface area contributed by atoms with Gasteiger partial charge in [0.05, 0.1) is 17.2 Å². The van der Waals surface area contributed by atoms with E-state index in [4.69, 9.17) is 0 Å². The van der Waals surface area contributed by atoms with Crippen molar-refractivity contribution in [2.24, 2.45) is 0 Å². The predicted molar refractivity (Wildman–Crippen MR) is 64.2 cm³/mol. The molecule has 0 radical (unpaired) electrons. The second-order valence-corrected chi connectivity index (χ2v) is 5.29. The molecule has 1 fully saturated rings. The Morgan fingerprint density at radius 3 is 2.88 bits per heavy atom. The molecular formula is C12H10BrN3. The number of pyridine rings is 1. The van der Waals surface area contributed by atoms with Crippen LogP contribution in [0.25, 0.3) is 5.65 Å². The SMILES string of the molecule is Cc1cn2cc(Br)cc(C3(C#N)CC3)c2n1. The van der Waals surface area contributed by atoms with Crippen LogP contribution in [-0.4, -0.2) is 9.38 Å². The summed E-state index contributed by atoms with van der Waals surface area (Å²) < 4.78 is 2.99. The molecule has 0 N–H and O–H groups in total. The number of fused-ring (bicyclic) bond motifs is 1. The molecule has 1 saturated carbocycles. The number of aryl methyl sites for hydroxylation is 1. The summed E-state index contributed by atoms with van der Waals surface area (Å²) in [5.41, 5.74) is 2.66. The van der Waals surface area contributed by atoms with E-state index in [-0.39, 0.29) is 5.41 Å². The highest BCUT2D eigenvalue weighted by atomic mass is 79.9. The first kappa shape index (κ1) is 9.86. The van der Waals surface area contributed by atoms with Crippen LogP contribution < -0.4 is 0 Å². The Bertz CT molecular complexity index is 617. The van der Waals surface area contributed by atoms with Gasteiger partial charge in [-0.15, -0.1) is 0 Å². The summed E-state index contributed by atoms with van der Waals surface area (Å²) in [5, 5.41) is 9.26. The lowest BCUT2D eigenvalue weighted by molar-refractivity contribution is 0.899. The van der Waals surface area contributed by atoms with Gasteiger partial charge in [0.1, 0.15) is 5.65 Å². The lowest BCUT2D eigenvalue weighted by Gasteiger charge is -2.08. The summed E-state index contributed by atoms with van der Waals surface area (Å²) in [6.45, 7) is 1.97. The zero-order valence-electron chi connectivity index (χ0n) is 8.87. The van der Waals surface area contributed by atoms with Crippen molar-refractivity contribution in [3.05, 3.63) is 34.2 Å². The first-order valence-corrected chi connectivity index (χ1v) is 6.00. The Balaban J connectivity index is 2.35. The number of aromatic nitrogens is 2. The van der Waals surface area contributed by atoms with E-state index in [9.17, 15) is 5.26 Å². The van der Waals surface area contributed by atoms with E-state index in [0.29, 0.717) is 0 Å². The van der Waals surface area contributed by atoms with E-state index in [1.807, 2.05) is 29.8 Å². The van der Waals surface area contributed by atoms with Crippen LogP contribution in [0.3, 0.4) is 0 Å². The maximum atomic E-state index is 9.26. The Labute approximate surface area is 102 Å². The quantitative estimate of drug-likeness (QED) is 0.803. The summed E-state index contributed by atoms with van der Waals surface area (Å²) in [5.74, 6) is 0. The number of nitriles is 1. The van der Waals surface area contributed by atoms with Crippen LogP contribution in [-0.2, 0) is 5.41 Å². The van der Waals surface area contributed by atoms with Gasteiger partial charge >= 0.3 is 0 Å². The Morgan fingerprint density at radius 2 is 2.25 bits per heavy atom. The Hall–Kier alpha value is -1.34. The largest absolute Gasteiger partial charge is 0.305 e. The van der Waals surface area contributed by atoms with Crippen molar-refractivity contribution in [2.45, 2.75) is 25.2 Å². The summed E-state index contributed by atoms with van der Waals surface area (Å²) in [4.78, 5) is 4.50. The van der Waals surface area contributed by atoms with Gasteiger partial charge in [-0.3, -0.25) is 0 Å². The molecule has 0 aliphatic heterocycles. The van der Waals surface area contributed by atoms with Gasteiger partial charge < -0.3 is 4.40 Å². The Kier molecular flexibility index (Phi) is 1.90. The maximum absolute atomic E-state index is 9.26. The van der Waals surface area contributed by atoms with E-state index >= 15 is 0 Å². The summed E-state index contributed by atoms with van der Waals surface area (Å²) in [6, 6.07) is 4.45. The second kappa shape index (κ2) is 3.08. The van der Waals surface area contributed by atoms with Crippen LogP contribution in [0.2, 0.25) is 0 Å². The summed E-state index contributed by atoms with van der Waals surface area (Å²) in [6.07, 6.45) is 5.85. The van der Waals surface area contributed by atoms with E-state index < -0.39 is 0 Å². The number of hydrogen-bond acceptors (Lipinski definition) is 2. The normalized spacial score (nSPS) is 17.3. The van der Waals surface area contributed by atoms with Crippen molar-refractivity contribution in [1.29, 1.82) is 5.26 Å². The van der Waals surface area contributed by atoms with Gasteiger partial charge in [-0.05, 0) is 41.8 Å². The number of rotatable bonds is 1. The molecule has 3 rings (SSSR count). The van der Waals surface area contributed by atoms with Crippen molar-refractivity contribution < 1.29 is 0 Å². The molecule has 1 aliphatic rings. The predicted octanol–water partition coefficient (Wildman–Crippen LogP) is 2.96. The van der Waals surface area contributed by atoms with Gasteiger partial charge in [0.15, 0.2) is 0 Å². The number of nitrogens with zero attached hydrogens (tertiary/aromatic N) is 3. The molecule has 80 valence electrons. The lowest BCUT2D eigenvalue weighted by atomic mass is 9.99. The number of hydrogen-bond donors (Lipinski definition) is 0. The molecule has 0 saturated heterocycles. The zero-order chi connectivity index (χ0) is 11.3. The van der Waals surface area contributed by atoms with Crippen molar-refractivity contribution in [2.75, 3.05) is 0 Å². The molecule has 0 aromatic carbocycles. The molecule has 3 nitrogen and oxygen atoms in total. The van der Waals surface area contributed by atoms with E-state index in [0.717, 1.165) is 34.2 Å². The number of halogens is 1. The second-order valence-electron chi connectivity index (χ2n) is 4.38. The average molecular weight is 276 g/mol. The first-order chi connectivity index (χ1) is 7.64. The Morgan fingerprint density at radius 1 is 1.50 bits per heavy atom. The van der Waals surface area contributed by atoms with Gasteiger partial charge in [-0.25, -0.2) is 4.98 Å². The monoisotopic (exact) mass is 275 g/mol. The van der Waals surface area contributed by atoms with Gasteiger partial charge in [0.2, 0.25) is 0 Å². The molecule has 0 spiro atoms. The standard InChI is InChI=1S/C12H10BrN3/c1-8-5-16-6-9(13)4-10(11(16)15-8)12(7-14)2-3-12/h4-6H,2-3H2,1H3. The molecule has 0 unspecified atom stereocenters. The minimum absolute atomic E-state index is 0.289. The molecule has 16 heavy (non-hydrogen) atoms. The first-order valence-electron chi connectivity index (χ1n) is 5.21. The fourth-order valence-corrected chi connectivity index (χ4v) is 2.55. The van der Waals surface area contributed by atoms with Crippen LogP contribution in [0.5, 0.6) is 0 Å². The van der Waals surface area contributed by atoms with Crippen molar-refractivity contribution in [1.82, 2.24) is 9.38 Å². The van der Waals surface area contributed by atoms with Crippen molar-refractivity contribution >= 4 is 21.6 Å². The molecule has 2 aromatic heterocycles. The van der Waals surface area contributed by atoms with Crippen molar-refractivity contribution in [3.8, 4) is 6.07 Å². The molecule has 2 aromatic rings. The van der Waals surface area contributed by atoms with Crippen LogP contribution >= 0.6 is 15.9 Å². The van der Waals surface area contributed by atoms with Crippen LogP contribution in [0.1, 0.15) is 24.1 Å². The third-order valence-electron chi connectivity index (χ3n) is 3.12. The van der Waals surface area contributed by atoms with E-state index in [2.05, 4.69) is 27.0 Å². The molecule has 0 atom stereocenters. The molecule has 2 heterocycles. The maximum Gasteiger partial charge on any atom is 0.141 e. The number of imidazole rings is 1. The summed E-state index contributed by atoms with van der Waals surface area (Å²) in [7, 11) is 0. The topological polar surface area (TPSA) is 41.1 Å². The van der Waals surface area contributed by atoms with Gasteiger partial charge in [-0.2, -0.15) is 5.26 Å². The van der Waals surface area contributed by atoms with Crippen LogP contribution in [0, 0.1) is 18.3 Å². The third-order valence-corrected chi connectivity index (χ3v) is 3.55. The highest BCUT2D eigenvalue weighted by Gasteiger charge is 2.46. The van der Waals surface area contributed by atoms with Crippen LogP contribution in [0.15, 0.2) is 22.9 Å². The third kappa shape index (κ3) is 1.28. The lowest BCUT2D eigenvalue weighted by Crippen LogP contribution is -2.05. The van der Waals surface area contributed by atoms with Crippen molar-refractivity contribution in [3.63, 3.8) is 0 Å². The minimum atomic E-state index is -0.289. The van der Waals surface area contributed by atoms with E-state index in [1.54, 1.807) is 0 Å². The van der Waals surface area contributed by atoms with Gasteiger partial charge in [0, 0.05) is 22.4 Å². The molecule has 4 heteroatoms. The van der Waals surface area contributed by atoms with E-state index in [1.165, 1.54) is 0 Å². The highest BCUT2D eigenvalue weighted by molar-refractivity contribution is 9.10. The van der Waals surface area contributed by atoms with Gasteiger partial charge in [-0.1, -0.05) is 0 Å². The zero-order valence-corrected chi connectivity index (χ0v) is 10.5. The smallest absolute Gasteiger partial charge is 0.141 e. The molecule has 1 aliphatic carbocycles. The molecule has 0 bridgehead atoms. The van der Waals surface area contributed by atoms with Gasteiger partial charge in [0.25, 0.3) is 0 Å². The average Bonchev–Trinajstić information content (AvgIpc) is 2.95. The molecular weight excluding hydrogens is 266 g/mol. The fraction of sp³-hybridized carbons (Fsp3) is 0.333. The molecule has 0 amide bonds. The highest BCUT2D eigenvalue weighted by Crippen LogP contribution is 2.49.